The summed E-state index contributed by atoms with van der Waals surface area (Å²) in [4.78, 5) is 23.8. The van der Waals surface area contributed by atoms with Gasteiger partial charge in [-0.15, -0.1) is 0 Å². The number of benzene rings is 2. The van der Waals surface area contributed by atoms with Crippen LogP contribution in [0.25, 0.3) is 10.9 Å². The topological polar surface area (TPSA) is 83.6 Å². The Morgan fingerprint density at radius 2 is 1.90 bits per heavy atom. The molecular weight excluding hydrogens is 380 g/mol. The quantitative estimate of drug-likeness (QED) is 0.636. The molecule has 0 saturated heterocycles. The molecule has 0 fully saturated rings. The fraction of sp³-hybridized carbons (Fsp3) is 0.333. The molecule has 6 nitrogen and oxygen atoms in total. The molecule has 1 aromatic heterocycles. The van der Waals surface area contributed by atoms with Gasteiger partial charge in [-0.1, -0.05) is 35.4 Å². The lowest BCUT2D eigenvalue weighted by atomic mass is 9.99. The van der Waals surface area contributed by atoms with Crippen LogP contribution >= 0.6 is 0 Å². The van der Waals surface area contributed by atoms with Crippen molar-refractivity contribution in [3.05, 3.63) is 64.3 Å². The molecule has 1 heterocycles. The summed E-state index contributed by atoms with van der Waals surface area (Å²) in [6, 6.07) is 12.3. The molecule has 2 aromatic carbocycles. The molecule has 0 radical (unpaired) electrons. The van der Waals surface area contributed by atoms with Crippen molar-refractivity contribution in [3.63, 3.8) is 0 Å². The predicted octanol–water partition coefficient (Wildman–Crippen LogP) is 3.37. The zero-order valence-electron chi connectivity index (χ0n) is 17.5. The van der Waals surface area contributed by atoms with Gasteiger partial charge in [-0.25, -0.2) is 4.79 Å². The largest absolute Gasteiger partial charge is 0.481 e. The second kappa shape index (κ2) is 7.86. The van der Waals surface area contributed by atoms with Gasteiger partial charge in [0.1, 0.15) is 5.75 Å². The lowest BCUT2D eigenvalue weighted by molar-refractivity contribution is -0.142. The van der Waals surface area contributed by atoms with Crippen LogP contribution in [0.4, 0.5) is 0 Å². The summed E-state index contributed by atoms with van der Waals surface area (Å²) in [7, 11) is 1.33. The molecule has 1 aliphatic carbocycles. The minimum absolute atomic E-state index is 0.187. The summed E-state index contributed by atoms with van der Waals surface area (Å²) in [5.74, 6) is -0.570. The van der Waals surface area contributed by atoms with Gasteiger partial charge in [0, 0.05) is 17.6 Å². The van der Waals surface area contributed by atoms with E-state index in [-0.39, 0.29) is 18.4 Å². The lowest BCUT2D eigenvalue weighted by Crippen LogP contribution is -2.19. The molecule has 1 unspecified atom stereocenters. The summed E-state index contributed by atoms with van der Waals surface area (Å²) in [5.41, 5.74) is 12.4. The Balaban J connectivity index is 1.87. The van der Waals surface area contributed by atoms with Crippen LogP contribution in [0.3, 0.4) is 0 Å². The predicted molar refractivity (Wildman–Crippen MR) is 115 cm³/mol. The van der Waals surface area contributed by atoms with Crippen molar-refractivity contribution in [2.45, 2.75) is 39.2 Å². The monoisotopic (exact) mass is 406 g/mol. The number of aromatic nitrogens is 1. The number of nitrogens with two attached hydrogens (primary N) is 1. The number of primary amides is 1. The Labute approximate surface area is 175 Å². The number of ether oxygens (including phenoxy) is 2. The third kappa shape index (κ3) is 3.54. The molecule has 1 aliphatic rings. The second-order valence-corrected chi connectivity index (χ2v) is 7.95. The molecule has 1 amide bonds. The third-order valence-electron chi connectivity index (χ3n) is 5.76. The molecule has 1 atom stereocenters. The molecule has 0 aliphatic heterocycles. The number of aryl methyl sites for hydroxylation is 2. The van der Waals surface area contributed by atoms with Crippen LogP contribution in [-0.4, -0.2) is 30.2 Å². The van der Waals surface area contributed by atoms with Crippen molar-refractivity contribution in [2.75, 3.05) is 13.7 Å². The number of nitrogens with zero attached hydrogens (tertiary/aromatic N) is 1. The maximum absolute atomic E-state index is 12.2. The molecule has 3 aromatic rings. The Hall–Kier alpha value is -3.28. The van der Waals surface area contributed by atoms with Crippen LogP contribution < -0.4 is 10.5 Å². The van der Waals surface area contributed by atoms with E-state index in [1.807, 2.05) is 18.2 Å². The molecule has 6 heteroatoms. The number of carbonyl (C=O) groups is 2. The van der Waals surface area contributed by atoms with Gasteiger partial charge < -0.3 is 19.8 Å². The highest BCUT2D eigenvalue weighted by molar-refractivity contribution is 5.97. The summed E-state index contributed by atoms with van der Waals surface area (Å²) in [6.07, 6.45) is 1.47. The zero-order chi connectivity index (χ0) is 21.4. The van der Waals surface area contributed by atoms with E-state index in [1.54, 1.807) is 0 Å². The van der Waals surface area contributed by atoms with E-state index in [2.05, 4.69) is 36.6 Å². The first-order valence-electron chi connectivity index (χ1n) is 10.1. The van der Waals surface area contributed by atoms with Crippen molar-refractivity contribution >= 4 is 22.8 Å². The first-order chi connectivity index (χ1) is 14.4. The SMILES string of the molecule is COC(=O)COc1cccc2c1c1c(n2Cc2cc(C)cc(C)c2)CCC1C(N)=O. The van der Waals surface area contributed by atoms with Gasteiger partial charge in [0.25, 0.3) is 0 Å². The summed E-state index contributed by atoms with van der Waals surface area (Å²) >= 11 is 0. The summed E-state index contributed by atoms with van der Waals surface area (Å²) in [6.45, 7) is 4.70. The van der Waals surface area contributed by atoms with Gasteiger partial charge in [0.2, 0.25) is 5.91 Å². The van der Waals surface area contributed by atoms with E-state index < -0.39 is 5.97 Å². The van der Waals surface area contributed by atoms with Crippen molar-refractivity contribution in [3.8, 4) is 5.75 Å². The number of hydrogen-bond donors (Lipinski definition) is 1. The van der Waals surface area contributed by atoms with E-state index >= 15 is 0 Å². The van der Waals surface area contributed by atoms with Gasteiger partial charge in [-0.2, -0.15) is 0 Å². The standard InChI is InChI=1S/C24H26N2O4/c1-14-9-15(2)11-16(10-14)12-26-18-5-4-6-20(30-13-21(27)29-3)23(18)22-17(24(25)28)7-8-19(22)26/h4-6,9-11,17H,7-8,12-13H2,1-3H3,(H2,25,28). The fourth-order valence-corrected chi connectivity index (χ4v) is 4.64. The number of hydrogen-bond acceptors (Lipinski definition) is 4. The Bertz CT molecular complexity index is 1130. The van der Waals surface area contributed by atoms with E-state index in [9.17, 15) is 9.59 Å². The maximum atomic E-state index is 12.2. The first-order valence-corrected chi connectivity index (χ1v) is 10.1. The number of esters is 1. The highest BCUT2D eigenvalue weighted by Crippen LogP contribution is 2.44. The van der Waals surface area contributed by atoms with Crippen LogP contribution in [0.2, 0.25) is 0 Å². The van der Waals surface area contributed by atoms with Crippen molar-refractivity contribution in [2.24, 2.45) is 5.73 Å². The number of fused-ring (bicyclic) bond motifs is 3. The van der Waals surface area contributed by atoms with Gasteiger partial charge in [-0.3, -0.25) is 4.79 Å². The van der Waals surface area contributed by atoms with E-state index in [1.165, 1.54) is 23.8 Å². The number of methoxy groups -OCH3 is 1. The highest BCUT2D eigenvalue weighted by atomic mass is 16.6. The lowest BCUT2D eigenvalue weighted by Gasteiger charge is -2.13. The van der Waals surface area contributed by atoms with Crippen LogP contribution in [-0.2, 0) is 27.3 Å². The smallest absolute Gasteiger partial charge is 0.343 e. The molecule has 4 rings (SSSR count). The molecular formula is C24H26N2O4. The minimum atomic E-state index is -0.454. The Kier molecular flexibility index (Phi) is 5.24. The molecule has 0 bridgehead atoms. The average molecular weight is 406 g/mol. The van der Waals surface area contributed by atoms with Gasteiger partial charge in [-0.05, 0) is 49.9 Å². The number of amides is 1. The van der Waals surface area contributed by atoms with Gasteiger partial charge in [0.05, 0.1) is 18.5 Å². The van der Waals surface area contributed by atoms with Gasteiger partial charge >= 0.3 is 5.97 Å². The van der Waals surface area contributed by atoms with Crippen LogP contribution in [0.15, 0.2) is 36.4 Å². The van der Waals surface area contributed by atoms with Crippen LogP contribution in [0, 0.1) is 13.8 Å². The van der Waals surface area contributed by atoms with Crippen molar-refractivity contribution in [1.29, 1.82) is 0 Å². The summed E-state index contributed by atoms with van der Waals surface area (Å²) in [5, 5.41) is 0.863. The summed E-state index contributed by atoms with van der Waals surface area (Å²) < 4.78 is 12.7. The molecule has 156 valence electrons. The Morgan fingerprint density at radius 3 is 2.57 bits per heavy atom. The second-order valence-electron chi connectivity index (χ2n) is 7.95. The van der Waals surface area contributed by atoms with Crippen LogP contribution in [0.5, 0.6) is 5.75 Å². The Morgan fingerprint density at radius 1 is 1.17 bits per heavy atom. The molecule has 30 heavy (non-hydrogen) atoms. The van der Waals surface area contributed by atoms with Gasteiger partial charge in [0.15, 0.2) is 6.61 Å². The maximum Gasteiger partial charge on any atom is 0.343 e. The normalized spacial score (nSPS) is 15.2. The fourth-order valence-electron chi connectivity index (χ4n) is 4.64. The minimum Gasteiger partial charge on any atom is -0.481 e. The van der Waals surface area contributed by atoms with Crippen molar-refractivity contribution < 1.29 is 19.1 Å². The highest BCUT2D eigenvalue weighted by Gasteiger charge is 2.34. The zero-order valence-corrected chi connectivity index (χ0v) is 17.5. The molecule has 2 N–H and O–H groups in total. The third-order valence-corrected chi connectivity index (χ3v) is 5.76. The molecule has 0 saturated carbocycles. The van der Waals surface area contributed by atoms with Crippen LogP contribution in [0.1, 0.15) is 40.3 Å². The number of carbonyl (C=O) groups excluding carboxylic acids is 2. The first kappa shape index (κ1) is 20.0. The average Bonchev–Trinajstić information content (AvgIpc) is 3.25. The van der Waals surface area contributed by atoms with E-state index in [0.717, 1.165) is 28.6 Å². The van der Waals surface area contributed by atoms with Crippen molar-refractivity contribution in [1.82, 2.24) is 4.57 Å². The van der Waals surface area contributed by atoms with E-state index in [4.69, 9.17) is 15.2 Å². The number of rotatable bonds is 6. The van der Waals surface area contributed by atoms with E-state index in [0.29, 0.717) is 18.7 Å². The molecule has 0 spiro atoms.